The second-order valence-electron chi connectivity index (χ2n) is 5.18. The molecule has 2 aromatic rings. The van der Waals surface area contributed by atoms with Gasteiger partial charge < -0.3 is 9.72 Å². The molecule has 0 aliphatic carbocycles. The fourth-order valence-electron chi connectivity index (χ4n) is 2.90. The Morgan fingerprint density at radius 3 is 3.10 bits per heavy atom. The maximum Gasteiger partial charge on any atom is 0.141 e. The molecule has 20 heavy (non-hydrogen) atoms. The Hall–Kier alpha value is -1.90. The first kappa shape index (κ1) is 13.1. The number of hydrogen-bond donors (Lipinski definition) is 1. The first-order valence-electron chi connectivity index (χ1n) is 7.09. The van der Waals surface area contributed by atoms with Gasteiger partial charge in [-0.1, -0.05) is 6.07 Å². The van der Waals surface area contributed by atoms with Crippen LogP contribution in [0.5, 0.6) is 0 Å². The Labute approximate surface area is 118 Å². The van der Waals surface area contributed by atoms with E-state index in [1.807, 2.05) is 35.7 Å². The average molecular weight is 269 g/mol. The number of fused-ring (bicyclic) bond motifs is 1. The molecular weight excluding hydrogens is 250 g/mol. The van der Waals surface area contributed by atoms with Gasteiger partial charge in [0.05, 0.1) is 17.5 Å². The fraction of sp³-hybridized carbons (Fsp3) is 0.467. The molecule has 3 rings (SSSR count). The number of aromatic nitrogens is 2. The summed E-state index contributed by atoms with van der Waals surface area (Å²) in [6, 6.07) is 8.18. The van der Waals surface area contributed by atoms with E-state index < -0.39 is 0 Å². The maximum atomic E-state index is 9.67. The van der Waals surface area contributed by atoms with Crippen molar-refractivity contribution < 1.29 is 0 Å². The minimum absolute atomic E-state index is 0.229. The van der Waals surface area contributed by atoms with E-state index >= 15 is 0 Å². The van der Waals surface area contributed by atoms with Crippen LogP contribution in [-0.2, 0) is 0 Å². The van der Waals surface area contributed by atoms with Gasteiger partial charge in [-0.2, -0.15) is 5.26 Å². The summed E-state index contributed by atoms with van der Waals surface area (Å²) in [4.78, 5) is 6.82. The number of imidazole rings is 1. The zero-order valence-electron chi connectivity index (χ0n) is 11.7. The quantitative estimate of drug-likeness (QED) is 0.897. The first-order valence-corrected chi connectivity index (χ1v) is 7.09. The lowest BCUT2D eigenvalue weighted by Gasteiger charge is -2.25. The first-order chi connectivity index (χ1) is 9.81. The van der Waals surface area contributed by atoms with Crippen LogP contribution in [0.15, 0.2) is 24.4 Å². The largest absolute Gasteiger partial charge is 0.315 e. The van der Waals surface area contributed by atoms with E-state index in [0.29, 0.717) is 0 Å². The summed E-state index contributed by atoms with van der Waals surface area (Å²) >= 11 is 0. The van der Waals surface area contributed by atoms with E-state index in [0.717, 1.165) is 49.6 Å². The van der Waals surface area contributed by atoms with Crippen LogP contribution in [-0.4, -0.2) is 40.5 Å². The molecule has 5 heteroatoms. The Kier molecular flexibility index (Phi) is 3.68. The highest BCUT2D eigenvalue weighted by molar-refractivity contribution is 5.44. The molecule has 104 valence electrons. The molecule has 0 radical (unpaired) electrons. The minimum Gasteiger partial charge on any atom is -0.315 e. The van der Waals surface area contributed by atoms with Gasteiger partial charge in [-0.15, -0.1) is 0 Å². The number of aryl methyl sites for hydroxylation is 1. The van der Waals surface area contributed by atoms with E-state index in [9.17, 15) is 5.26 Å². The van der Waals surface area contributed by atoms with Gasteiger partial charge in [0, 0.05) is 25.8 Å². The van der Waals surface area contributed by atoms with Crippen molar-refractivity contribution in [3.63, 3.8) is 0 Å². The van der Waals surface area contributed by atoms with Crippen LogP contribution in [0.3, 0.4) is 0 Å². The number of nitriles is 1. The Balaban J connectivity index is 2.02. The van der Waals surface area contributed by atoms with Gasteiger partial charge in [0.1, 0.15) is 11.7 Å². The zero-order valence-corrected chi connectivity index (χ0v) is 11.7. The summed E-state index contributed by atoms with van der Waals surface area (Å²) in [5, 5.41) is 13.1. The number of pyridine rings is 1. The molecule has 1 aliphatic rings. The van der Waals surface area contributed by atoms with Crippen molar-refractivity contribution in [1.29, 1.82) is 5.26 Å². The van der Waals surface area contributed by atoms with Crippen LogP contribution in [0.2, 0.25) is 0 Å². The fourth-order valence-corrected chi connectivity index (χ4v) is 2.90. The third-order valence-corrected chi connectivity index (χ3v) is 3.87. The van der Waals surface area contributed by atoms with Gasteiger partial charge in [0.25, 0.3) is 0 Å². The molecule has 2 aromatic heterocycles. The van der Waals surface area contributed by atoms with Crippen LogP contribution in [0, 0.1) is 18.3 Å². The predicted molar refractivity (Wildman–Crippen MR) is 77.3 cm³/mol. The molecule has 1 fully saturated rings. The van der Waals surface area contributed by atoms with Gasteiger partial charge >= 0.3 is 0 Å². The minimum atomic E-state index is -0.229. The molecular formula is C15H19N5. The van der Waals surface area contributed by atoms with E-state index in [1.165, 1.54) is 0 Å². The standard InChI is InChI=1S/C15H19N5/c1-12-15(20-9-3-2-5-14(20)18-12)13(11-16)19-8-4-6-17-7-10-19/h2-3,5,9,13,17H,4,6-8,10H2,1H3. The number of hydrogen-bond acceptors (Lipinski definition) is 4. The third kappa shape index (κ3) is 2.28. The molecule has 1 N–H and O–H groups in total. The molecule has 1 unspecified atom stereocenters. The SMILES string of the molecule is Cc1nc2ccccn2c1C(C#N)N1CCCNCC1. The molecule has 0 spiro atoms. The third-order valence-electron chi connectivity index (χ3n) is 3.87. The van der Waals surface area contributed by atoms with E-state index in [2.05, 4.69) is 21.3 Å². The smallest absolute Gasteiger partial charge is 0.141 e. The van der Waals surface area contributed by atoms with E-state index in [1.54, 1.807) is 0 Å². The highest BCUT2D eigenvalue weighted by Crippen LogP contribution is 2.25. The highest BCUT2D eigenvalue weighted by Gasteiger charge is 2.26. The summed E-state index contributed by atoms with van der Waals surface area (Å²) in [5.41, 5.74) is 2.86. The van der Waals surface area contributed by atoms with Gasteiger partial charge in [-0.05, 0) is 32.0 Å². The van der Waals surface area contributed by atoms with Crippen LogP contribution < -0.4 is 5.32 Å². The Morgan fingerprint density at radius 1 is 1.35 bits per heavy atom. The van der Waals surface area contributed by atoms with Crippen molar-refractivity contribution in [2.45, 2.75) is 19.4 Å². The monoisotopic (exact) mass is 269 g/mol. The molecule has 1 atom stereocenters. The lowest BCUT2D eigenvalue weighted by molar-refractivity contribution is 0.247. The van der Waals surface area contributed by atoms with Crippen molar-refractivity contribution >= 4 is 5.65 Å². The summed E-state index contributed by atoms with van der Waals surface area (Å²) < 4.78 is 2.04. The van der Waals surface area contributed by atoms with Gasteiger partial charge in [-0.3, -0.25) is 4.90 Å². The summed E-state index contributed by atoms with van der Waals surface area (Å²) in [6.07, 6.45) is 3.07. The summed E-state index contributed by atoms with van der Waals surface area (Å²) in [5.74, 6) is 0. The second-order valence-corrected chi connectivity index (χ2v) is 5.18. The molecule has 5 nitrogen and oxygen atoms in total. The average Bonchev–Trinajstić information content (AvgIpc) is 2.66. The molecule has 1 saturated heterocycles. The van der Waals surface area contributed by atoms with E-state index in [-0.39, 0.29) is 6.04 Å². The number of nitrogens with one attached hydrogen (secondary N) is 1. The molecule has 0 bridgehead atoms. The number of rotatable bonds is 2. The molecule has 0 saturated carbocycles. The maximum absolute atomic E-state index is 9.67. The van der Waals surface area contributed by atoms with Crippen LogP contribution in [0.1, 0.15) is 23.9 Å². The molecule has 0 amide bonds. The molecule has 1 aliphatic heterocycles. The normalized spacial score (nSPS) is 18.6. The Morgan fingerprint density at radius 2 is 2.25 bits per heavy atom. The van der Waals surface area contributed by atoms with Gasteiger partial charge in [0.15, 0.2) is 0 Å². The van der Waals surface area contributed by atoms with Crippen molar-refractivity contribution in [3.8, 4) is 6.07 Å². The summed E-state index contributed by atoms with van der Waals surface area (Å²) in [7, 11) is 0. The Bertz CT molecular complexity index is 631. The molecule has 3 heterocycles. The topological polar surface area (TPSA) is 56.4 Å². The lowest BCUT2D eigenvalue weighted by Crippen LogP contribution is -2.32. The van der Waals surface area contributed by atoms with Gasteiger partial charge in [0.2, 0.25) is 0 Å². The zero-order chi connectivity index (χ0) is 13.9. The lowest BCUT2D eigenvalue weighted by atomic mass is 10.1. The van der Waals surface area contributed by atoms with Crippen molar-refractivity contribution in [3.05, 3.63) is 35.8 Å². The van der Waals surface area contributed by atoms with Crippen LogP contribution in [0.4, 0.5) is 0 Å². The van der Waals surface area contributed by atoms with Crippen molar-refractivity contribution in [2.24, 2.45) is 0 Å². The summed E-state index contributed by atoms with van der Waals surface area (Å²) in [6.45, 7) is 5.81. The van der Waals surface area contributed by atoms with Crippen molar-refractivity contribution in [1.82, 2.24) is 19.6 Å². The van der Waals surface area contributed by atoms with Crippen LogP contribution >= 0.6 is 0 Å². The highest BCUT2D eigenvalue weighted by atomic mass is 15.2. The van der Waals surface area contributed by atoms with Crippen LogP contribution in [0.25, 0.3) is 5.65 Å². The van der Waals surface area contributed by atoms with Crippen molar-refractivity contribution in [2.75, 3.05) is 26.2 Å². The second kappa shape index (κ2) is 5.61. The number of nitrogens with zero attached hydrogens (tertiary/aromatic N) is 4. The van der Waals surface area contributed by atoms with E-state index in [4.69, 9.17) is 0 Å². The predicted octanol–water partition coefficient (Wildman–Crippen LogP) is 1.50. The van der Waals surface area contributed by atoms with Gasteiger partial charge in [-0.25, -0.2) is 4.98 Å². The molecule has 0 aromatic carbocycles.